The first kappa shape index (κ1) is 8.65. The van der Waals surface area contributed by atoms with Gasteiger partial charge in [-0.15, -0.1) is 0 Å². The van der Waals surface area contributed by atoms with E-state index in [9.17, 15) is 4.79 Å². The zero-order valence-electron chi connectivity index (χ0n) is 6.87. The molecular formula is C8H10BNO2. The van der Waals surface area contributed by atoms with E-state index in [1.54, 1.807) is 12.1 Å². The molecule has 0 aliphatic carbocycles. The lowest BCUT2D eigenvalue weighted by molar-refractivity contribution is 0.0698. The molecule has 62 valence electrons. The van der Waals surface area contributed by atoms with Crippen molar-refractivity contribution in [2.45, 2.75) is 6.82 Å². The van der Waals surface area contributed by atoms with Crippen molar-refractivity contribution in [1.29, 1.82) is 0 Å². The van der Waals surface area contributed by atoms with E-state index in [1.165, 1.54) is 0 Å². The van der Waals surface area contributed by atoms with Crippen molar-refractivity contribution in [2.24, 2.45) is 0 Å². The third-order valence-electron chi connectivity index (χ3n) is 1.76. The van der Waals surface area contributed by atoms with Crippen molar-refractivity contribution >= 4 is 24.4 Å². The van der Waals surface area contributed by atoms with Crippen LogP contribution in [0.3, 0.4) is 0 Å². The quantitative estimate of drug-likeness (QED) is 0.479. The van der Waals surface area contributed by atoms with E-state index in [0.29, 0.717) is 5.69 Å². The molecule has 0 aliphatic heterocycles. The van der Waals surface area contributed by atoms with Gasteiger partial charge in [0, 0.05) is 5.69 Å². The highest BCUT2D eigenvalue weighted by atomic mass is 16.4. The lowest BCUT2D eigenvalue weighted by Gasteiger charge is -2.01. The number of carboxylic acids is 1. The third-order valence-corrected chi connectivity index (χ3v) is 1.76. The summed E-state index contributed by atoms with van der Waals surface area (Å²) in [7, 11) is 0.820. The first-order valence-corrected chi connectivity index (χ1v) is 3.77. The number of nitrogens with two attached hydrogens (primary N) is 1. The number of anilines is 1. The van der Waals surface area contributed by atoms with Crippen molar-refractivity contribution in [2.75, 3.05) is 5.73 Å². The molecule has 0 fully saturated rings. The molecule has 0 spiro atoms. The number of benzene rings is 1. The van der Waals surface area contributed by atoms with Crippen molar-refractivity contribution in [3.8, 4) is 0 Å². The molecule has 0 radical (unpaired) electrons. The number of hydrogen-bond donors (Lipinski definition) is 2. The lowest BCUT2D eigenvalue weighted by atomic mass is 9.73. The Balaban J connectivity index is 3.17. The van der Waals surface area contributed by atoms with Gasteiger partial charge in [0.15, 0.2) is 7.28 Å². The molecule has 0 aliphatic rings. The highest BCUT2D eigenvalue weighted by Gasteiger charge is 2.07. The third kappa shape index (κ3) is 1.58. The smallest absolute Gasteiger partial charge is 0.337 e. The maximum atomic E-state index is 10.6. The minimum absolute atomic E-state index is 0.189. The molecule has 3 N–H and O–H groups in total. The molecule has 0 atom stereocenters. The van der Waals surface area contributed by atoms with Gasteiger partial charge in [-0.05, 0) is 6.07 Å². The van der Waals surface area contributed by atoms with Gasteiger partial charge in [0.25, 0.3) is 0 Å². The maximum absolute atomic E-state index is 10.6. The summed E-state index contributed by atoms with van der Waals surface area (Å²) in [5.41, 5.74) is 6.96. The molecule has 12 heavy (non-hydrogen) atoms. The number of aromatic carboxylic acids is 1. The Hall–Kier alpha value is -1.45. The summed E-state index contributed by atoms with van der Waals surface area (Å²) < 4.78 is 0. The lowest BCUT2D eigenvalue weighted by Crippen LogP contribution is -2.14. The van der Waals surface area contributed by atoms with E-state index >= 15 is 0 Å². The fourth-order valence-corrected chi connectivity index (χ4v) is 1.01. The van der Waals surface area contributed by atoms with E-state index in [2.05, 4.69) is 0 Å². The fourth-order valence-electron chi connectivity index (χ4n) is 1.01. The average molecular weight is 163 g/mol. The molecule has 0 heterocycles. The highest BCUT2D eigenvalue weighted by molar-refractivity contribution is 6.52. The number of hydrogen-bond acceptors (Lipinski definition) is 2. The van der Waals surface area contributed by atoms with Gasteiger partial charge >= 0.3 is 5.97 Å². The fraction of sp³-hybridized carbons (Fsp3) is 0.125. The van der Waals surface area contributed by atoms with Crippen molar-refractivity contribution in [3.63, 3.8) is 0 Å². The van der Waals surface area contributed by atoms with Crippen LogP contribution in [0.5, 0.6) is 0 Å². The molecule has 0 bridgehead atoms. The van der Waals surface area contributed by atoms with Crippen LogP contribution in [-0.2, 0) is 0 Å². The van der Waals surface area contributed by atoms with E-state index in [4.69, 9.17) is 10.8 Å². The van der Waals surface area contributed by atoms with Gasteiger partial charge in [0.1, 0.15) is 0 Å². The number of carboxylic acid groups (broad SMARTS) is 1. The molecule has 4 heteroatoms. The molecule has 1 rings (SSSR count). The van der Waals surface area contributed by atoms with Gasteiger partial charge in [-0.25, -0.2) is 4.79 Å². The molecule has 0 aromatic heterocycles. The molecule has 1 aromatic rings. The largest absolute Gasteiger partial charge is 0.478 e. The summed E-state index contributed by atoms with van der Waals surface area (Å²) >= 11 is 0. The van der Waals surface area contributed by atoms with E-state index in [1.807, 2.05) is 12.9 Å². The van der Waals surface area contributed by atoms with Crippen LogP contribution in [0, 0.1) is 0 Å². The predicted molar refractivity (Wildman–Crippen MR) is 50.5 cm³/mol. The highest BCUT2D eigenvalue weighted by Crippen LogP contribution is 2.08. The summed E-state index contributed by atoms with van der Waals surface area (Å²) in [6.07, 6.45) is 0. The van der Waals surface area contributed by atoms with E-state index in [-0.39, 0.29) is 5.56 Å². The predicted octanol–water partition coefficient (Wildman–Crippen LogP) is 0.0769. The van der Waals surface area contributed by atoms with Crippen molar-refractivity contribution in [1.82, 2.24) is 0 Å². The topological polar surface area (TPSA) is 63.3 Å². The molecule has 0 saturated heterocycles. The molecule has 0 saturated carbocycles. The van der Waals surface area contributed by atoms with Gasteiger partial charge in [0.05, 0.1) is 5.56 Å². The van der Waals surface area contributed by atoms with Crippen molar-refractivity contribution in [3.05, 3.63) is 23.8 Å². The number of carbonyl (C=O) groups is 1. The second-order valence-corrected chi connectivity index (χ2v) is 2.58. The minimum atomic E-state index is -0.970. The summed E-state index contributed by atoms with van der Waals surface area (Å²) in [6, 6.07) is 5.07. The zero-order valence-corrected chi connectivity index (χ0v) is 6.87. The standard InChI is InChI=1S/C8H10BNO2/c1-9-5-2-3-7(10)6(4-5)8(11)12/h2-4,9H,10H2,1H3,(H,11,12). The van der Waals surface area contributed by atoms with Crippen LogP contribution in [-0.4, -0.2) is 18.4 Å². The Bertz CT molecular complexity index is 312. The van der Waals surface area contributed by atoms with Gasteiger partial charge in [-0.2, -0.15) is 0 Å². The van der Waals surface area contributed by atoms with Crippen LogP contribution >= 0.6 is 0 Å². The minimum Gasteiger partial charge on any atom is -0.478 e. The SMILES string of the molecule is CBc1ccc(N)c(C(=O)O)c1. The zero-order chi connectivity index (χ0) is 9.14. The van der Waals surface area contributed by atoms with Crippen LogP contribution in [0.4, 0.5) is 5.69 Å². The van der Waals surface area contributed by atoms with Gasteiger partial charge in [-0.3, -0.25) is 0 Å². The monoisotopic (exact) mass is 163 g/mol. The van der Waals surface area contributed by atoms with Crippen molar-refractivity contribution < 1.29 is 9.90 Å². The summed E-state index contributed by atoms with van der Waals surface area (Å²) in [5.74, 6) is -0.970. The van der Waals surface area contributed by atoms with Gasteiger partial charge < -0.3 is 10.8 Å². The van der Waals surface area contributed by atoms with E-state index < -0.39 is 5.97 Å². The van der Waals surface area contributed by atoms with Crippen LogP contribution in [0.15, 0.2) is 18.2 Å². The Kier molecular flexibility index (Phi) is 2.38. The summed E-state index contributed by atoms with van der Waals surface area (Å²) in [5, 5.41) is 8.71. The Morgan fingerprint density at radius 2 is 2.25 bits per heavy atom. The van der Waals surface area contributed by atoms with Crippen LogP contribution in [0.1, 0.15) is 10.4 Å². The first-order valence-electron chi connectivity index (χ1n) is 3.77. The Morgan fingerprint density at radius 3 is 2.75 bits per heavy atom. The Labute approximate surface area is 71.4 Å². The Morgan fingerprint density at radius 1 is 1.58 bits per heavy atom. The molecule has 3 nitrogen and oxygen atoms in total. The second kappa shape index (κ2) is 3.30. The van der Waals surface area contributed by atoms with Gasteiger partial charge in [-0.1, -0.05) is 24.4 Å². The van der Waals surface area contributed by atoms with Gasteiger partial charge in [0.2, 0.25) is 0 Å². The summed E-state index contributed by atoms with van der Waals surface area (Å²) in [6.45, 7) is 1.97. The number of rotatable bonds is 2. The average Bonchev–Trinajstić information content (AvgIpc) is 2.05. The van der Waals surface area contributed by atoms with E-state index in [0.717, 1.165) is 12.7 Å². The number of nitrogen functional groups attached to an aromatic ring is 1. The second-order valence-electron chi connectivity index (χ2n) is 2.58. The maximum Gasteiger partial charge on any atom is 0.337 e. The molecular weight excluding hydrogens is 153 g/mol. The van der Waals surface area contributed by atoms with Crippen LogP contribution < -0.4 is 11.2 Å². The van der Waals surface area contributed by atoms with Crippen LogP contribution in [0.25, 0.3) is 0 Å². The molecule has 1 aromatic carbocycles. The van der Waals surface area contributed by atoms with Crippen LogP contribution in [0.2, 0.25) is 6.82 Å². The summed E-state index contributed by atoms with van der Waals surface area (Å²) in [4.78, 5) is 10.6. The normalized spacial score (nSPS) is 9.42. The first-order chi connectivity index (χ1) is 5.65. The molecule has 0 unspecified atom stereocenters. The molecule has 0 amide bonds.